The van der Waals surface area contributed by atoms with Gasteiger partial charge in [0, 0.05) is 32.1 Å². The standard InChI is InChI=1S/C10H18N2O2/c1-9(2)12-7-3-5-11(10(12)14)6-4-8-13/h8-9H,3-7H2,1-2H3. The normalized spacial score (nSPS) is 17.8. The second kappa shape index (κ2) is 4.98. The van der Waals surface area contributed by atoms with Crippen LogP contribution in [-0.2, 0) is 4.79 Å². The molecule has 4 nitrogen and oxygen atoms in total. The van der Waals surface area contributed by atoms with Gasteiger partial charge >= 0.3 is 6.03 Å². The van der Waals surface area contributed by atoms with Crippen molar-refractivity contribution >= 4 is 12.3 Å². The van der Waals surface area contributed by atoms with Gasteiger partial charge in [0.2, 0.25) is 0 Å². The van der Waals surface area contributed by atoms with Gasteiger partial charge in [-0.3, -0.25) is 0 Å². The Morgan fingerprint density at radius 2 is 2.14 bits per heavy atom. The van der Waals surface area contributed by atoms with Gasteiger partial charge in [-0.05, 0) is 20.3 Å². The number of carbonyl (C=O) groups excluding carboxylic acids is 2. The maximum absolute atomic E-state index is 11.8. The summed E-state index contributed by atoms with van der Waals surface area (Å²) in [5, 5.41) is 0. The van der Waals surface area contributed by atoms with Crippen LogP contribution in [0.15, 0.2) is 0 Å². The molecular weight excluding hydrogens is 180 g/mol. The average molecular weight is 198 g/mol. The Hall–Kier alpha value is -1.06. The van der Waals surface area contributed by atoms with E-state index in [1.807, 2.05) is 18.7 Å². The van der Waals surface area contributed by atoms with E-state index in [0.717, 1.165) is 25.8 Å². The third kappa shape index (κ3) is 2.47. The van der Waals surface area contributed by atoms with E-state index in [2.05, 4.69) is 0 Å². The highest BCUT2D eigenvalue weighted by atomic mass is 16.2. The molecule has 14 heavy (non-hydrogen) atoms. The molecule has 0 unspecified atom stereocenters. The molecule has 0 aromatic carbocycles. The number of amides is 2. The van der Waals surface area contributed by atoms with Gasteiger partial charge in [0.1, 0.15) is 6.29 Å². The quantitative estimate of drug-likeness (QED) is 0.635. The first-order valence-electron chi connectivity index (χ1n) is 5.16. The van der Waals surface area contributed by atoms with E-state index in [1.54, 1.807) is 4.90 Å². The first-order chi connectivity index (χ1) is 6.66. The zero-order chi connectivity index (χ0) is 10.6. The minimum atomic E-state index is 0.0769. The minimum Gasteiger partial charge on any atom is -0.324 e. The Bertz CT molecular complexity index is 216. The molecule has 0 aromatic heterocycles. The van der Waals surface area contributed by atoms with Crippen molar-refractivity contribution in [3.8, 4) is 0 Å². The summed E-state index contributed by atoms with van der Waals surface area (Å²) in [6.45, 7) is 6.22. The van der Waals surface area contributed by atoms with Crippen LogP contribution in [0.4, 0.5) is 4.79 Å². The zero-order valence-corrected chi connectivity index (χ0v) is 8.90. The molecule has 0 radical (unpaired) electrons. The minimum absolute atomic E-state index is 0.0769. The van der Waals surface area contributed by atoms with Gasteiger partial charge in [-0.2, -0.15) is 0 Å². The van der Waals surface area contributed by atoms with Crippen LogP contribution in [-0.4, -0.2) is 47.8 Å². The number of nitrogens with zero attached hydrogens (tertiary/aromatic N) is 2. The monoisotopic (exact) mass is 198 g/mol. The van der Waals surface area contributed by atoms with Crippen LogP contribution >= 0.6 is 0 Å². The van der Waals surface area contributed by atoms with E-state index in [4.69, 9.17) is 0 Å². The predicted molar refractivity (Wildman–Crippen MR) is 54.1 cm³/mol. The van der Waals surface area contributed by atoms with Crippen molar-refractivity contribution in [3.05, 3.63) is 0 Å². The van der Waals surface area contributed by atoms with Crippen LogP contribution in [0, 0.1) is 0 Å². The van der Waals surface area contributed by atoms with Gasteiger partial charge < -0.3 is 14.6 Å². The summed E-state index contributed by atoms with van der Waals surface area (Å²) in [5.74, 6) is 0. The molecular formula is C10H18N2O2. The SMILES string of the molecule is CC(C)N1CCCN(CCC=O)C1=O. The molecule has 0 atom stereocenters. The molecule has 2 amide bonds. The molecule has 80 valence electrons. The van der Waals surface area contributed by atoms with Crippen LogP contribution in [0.3, 0.4) is 0 Å². The van der Waals surface area contributed by atoms with Gasteiger partial charge in [0.25, 0.3) is 0 Å². The Morgan fingerprint density at radius 3 is 2.71 bits per heavy atom. The molecule has 0 saturated carbocycles. The fourth-order valence-electron chi connectivity index (χ4n) is 1.70. The summed E-state index contributed by atoms with van der Waals surface area (Å²) in [6, 6.07) is 0.328. The summed E-state index contributed by atoms with van der Waals surface area (Å²) in [5.41, 5.74) is 0. The molecule has 1 fully saturated rings. The third-order valence-electron chi connectivity index (χ3n) is 2.48. The van der Waals surface area contributed by atoms with Crippen LogP contribution in [0.2, 0.25) is 0 Å². The maximum atomic E-state index is 11.8. The van der Waals surface area contributed by atoms with Crippen molar-refractivity contribution in [1.29, 1.82) is 0 Å². The molecule has 1 saturated heterocycles. The van der Waals surface area contributed by atoms with Crippen molar-refractivity contribution in [3.63, 3.8) is 0 Å². The molecule has 1 aliphatic rings. The zero-order valence-electron chi connectivity index (χ0n) is 8.90. The van der Waals surface area contributed by atoms with Gasteiger partial charge in [-0.1, -0.05) is 0 Å². The lowest BCUT2D eigenvalue weighted by molar-refractivity contribution is -0.108. The van der Waals surface area contributed by atoms with E-state index in [9.17, 15) is 9.59 Å². The number of carbonyl (C=O) groups is 2. The molecule has 0 N–H and O–H groups in total. The van der Waals surface area contributed by atoms with Crippen molar-refractivity contribution in [2.24, 2.45) is 0 Å². The van der Waals surface area contributed by atoms with Gasteiger partial charge in [0.05, 0.1) is 0 Å². The van der Waals surface area contributed by atoms with E-state index in [1.165, 1.54) is 0 Å². The lowest BCUT2D eigenvalue weighted by Gasteiger charge is -2.37. The first kappa shape index (κ1) is 11.0. The van der Waals surface area contributed by atoms with Crippen molar-refractivity contribution in [2.75, 3.05) is 19.6 Å². The largest absolute Gasteiger partial charge is 0.324 e. The highest BCUT2D eigenvalue weighted by Gasteiger charge is 2.26. The Balaban J connectivity index is 2.52. The summed E-state index contributed by atoms with van der Waals surface area (Å²) in [4.78, 5) is 25.6. The van der Waals surface area contributed by atoms with Crippen molar-refractivity contribution < 1.29 is 9.59 Å². The molecule has 0 spiro atoms. The van der Waals surface area contributed by atoms with Gasteiger partial charge in [-0.25, -0.2) is 4.79 Å². The average Bonchev–Trinajstić information content (AvgIpc) is 2.16. The number of rotatable bonds is 4. The Morgan fingerprint density at radius 1 is 1.43 bits per heavy atom. The second-order valence-corrected chi connectivity index (χ2v) is 3.87. The van der Waals surface area contributed by atoms with E-state index in [-0.39, 0.29) is 12.1 Å². The van der Waals surface area contributed by atoms with Crippen LogP contribution < -0.4 is 0 Å². The van der Waals surface area contributed by atoms with E-state index >= 15 is 0 Å². The van der Waals surface area contributed by atoms with E-state index in [0.29, 0.717) is 13.0 Å². The number of urea groups is 1. The number of hydrogen-bond donors (Lipinski definition) is 0. The van der Waals surface area contributed by atoms with Crippen molar-refractivity contribution in [2.45, 2.75) is 32.7 Å². The Labute approximate surface area is 84.9 Å². The molecule has 0 aromatic rings. The van der Waals surface area contributed by atoms with Gasteiger partial charge in [0.15, 0.2) is 0 Å². The summed E-state index contributed by atoms with van der Waals surface area (Å²) < 4.78 is 0. The lowest BCUT2D eigenvalue weighted by atomic mass is 10.2. The van der Waals surface area contributed by atoms with Crippen LogP contribution in [0.25, 0.3) is 0 Å². The molecule has 0 bridgehead atoms. The highest BCUT2D eigenvalue weighted by molar-refractivity contribution is 5.75. The van der Waals surface area contributed by atoms with Gasteiger partial charge in [-0.15, -0.1) is 0 Å². The highest BCUT2D eigenvalue weighted by Crippen LogP contribution is 2.12. The number of aldehydes is 1. The summed E-state index contributed by atoms with van der Waals surface area (Å²) in [6.07, 6.45) is 2.31. The third-order valence-corrected chi connectivity index (χ3v) is 2.48. The van der Waals surface area contributed by atoms with Crippen LogP contribution in [0.5, 0.6) is 0 Å². The summed E-state index contributed by atoms with van der Waals surface area (Å²) in [7, 11) is 0. The van der Waals surface area contributed by atoms with E-state index < -0.39 is 0 Å². The maximum Gasteiger partial charge on any atom is 0.320 e. The number of hydrogen-bond acceptors (Lipinski definition) is 2. The topological polar surface area (TPSA) is 40.6 Å². The first-order valence-corrected chi connectivity index (χ1v) is 5.16. The molecule has 4 heteroatoms. The molecule has 0 aliphatic carbocycles. The molecule has 1 aliphatic heterocycles. The fraction of sp³-hybridized carbons (Fsp3) is 0.800. The molecule has 1 rings (SSSR count). The second-order valence-electron chi connectivity index (χ2n) is 3.87. The predicted octanol–water partition coefficient (Wildman–Crippen LogP) is 1.11. The fourth-order valence-corrected chi connectivity index (χ4v) is 1.70. The van der Waals surface area contributed by atoms with Crippen LogP contribution in [0.1, 0.15) is 26.7 Å². The molecule has 1 heterocycles. The van der Waals surface area contributed by atoms with Crippen molar-refractivity contribution in [1.82, 2.24) is 9.80 Å². The Kier molecular flexibility index (Phi) is 3.92. The smallest absolute Gasteiger partial charge is 0.320 e. The lowest BCUT2D eigenvalue weighted by Crippen LogP contribution is -2.52. The summed E-state index contributed by atoms with van der Waals surface area (Å²) >= 11 is 0.